The van der Waals surface area contributed by atoms with Gasteiger partial charge in [-0.15, -0.1) is 4.99 Å². The summed E-state index contributed by atoms with van der Waals surface area (Å²) in [5, 5.41) is 11.7. The molecule has 4 rings (SSSR count). The van der Waals surface area contributed by atoms with Crippen LogP contribution in [-0.4, -0.2) is 65.7 Å². The quantitative estimate of drug-likeness (QED) is 0.303. The first-order valence-corrected chi connectivity index (χ1v) is 12.3. The number of imidazole rings is 1. The topological polar surface area (TPSA) is 144 Å². The van der Waals surface area contributed by atoms with Crippen LogP contribution in [0, 0.1) is 11.5 Å². The molecule has 35 heavy (non-hydrogen) atoms. The summed E-state index contributed by atoms with van der Waals surface area (Å²) < 4.78 is 33.6. The first kappa shape index (κ1) is 24.2. The molecule has 0 bridgehead atoms. The molecular weight excluding hydrogens is 494 g/mol. The number of ether oxygens (including phenoxy) is 1. The van der Waals surface area contributed by atoms with Crippen molar-refractivity contribution in [1.82, 2.24) is 19.2 Å². The molecule has 13 heteroatoms. The largest absolute Gasteiger partial charge is 0.425 e. The van der Waals surface area contributed by atoms with Crippen molar-refractivity contribution in [3.8, 4) is 11.9 Å². The number of amides is 1. The number of H-pyrrole nitrogens is 1. The van der Waals surface area contributed by atoms with Crippen LogP contribution in [0.1, 0.15) is 10.4 Å². The predicted molar refractivity (Wildman–Crippen MR) is 128 cm³/mol. The smallest absolute Gasteiger partial charge is 0.308 e. The summed E-state index contributed by atoms with van der Waals surface area (Å²) in [5.74, 6) is 0.128. The summed E-state index contributed by atoms with van der Waals surface area (Å²) in [7, 11) is -3.92. The molecule has 0 aliphatic carbocycles. The highest BCUT2D eigenvalue weighted by Gasteiger charge is 2.31. The van der Waals surface area contributed by atoms with Gasteiger partial charge < -0.3 is 14.6 Å². The van der Waals surface area contributed by atoms with Crippen molar-refractivity contribution in [2.24, 2.45) is 4.99 Å². The number of carbonyl (C=O) groups excluding carboxylic acids is 1. The van der Waals surface area contributed by atoms with Gasteiger partial charge in [0.05, 0.1) is 15.5 Å². The van der Waals surface area contributed by atoms with Crippen molar-refractivity contribution >= 4 is 39.5 Å². The van der Waals surface area contributed by atoms with Gasteiger partial charge in [0, 0.05) is 38.6 Å². The molecule has 0 atom stereocenters. The molecule has 11 nitrogen and oxygen atoms in total. The fraction of sp³-hybridized carbons (Fsp3) is 0.182. The Kier molecular flexibility index (Phi) is 7.31. The third-order valence-electron chi connectivity index (χ3n) is 5.16. The second-order valence-electron chi connectivity index (χ2n) is 7.33. The van der Waals surface area contributed by atoms with E-state index in [4.69, 9.17) is 21.6 Å². The van der Waals surface area contributed by atoms with Gasteiger partial charge in [-0.2, -0.15) is 9.57 Å². The van der Waals surface area contributed by atoms with Crippen molar-refractivity contribution in [3.05, 3.63) is 71.5 Å². The van der Waals surface area contributed by atoms with Crippen LogP contribution in [0.5, 0.6) is 5.75 Å². The van der Waals surface area contributed by atoms with E-state index >= 15 is 0 Å². The molecular formula is C22H20ClN7O4S. The highest BCUT2D eigenvalue weighted by Crippen LogP contribution is 2.25. The standard InChI is InChI=1S/C22H20ClN7O4S/c23-19-7-6-17(14-18(19)20(31)28-21-25-8-9-26-21)35(32,33)30-12-10-29(11-13-30)22(27-15-24)34-16-4-2-1-3-5-16/h1-9,14H,10-13H2,(H2,25,26,28,31)/b27-22-. The molecule has 1 amide bonds. The van der Waals surface area contributed by atoms with Crippen LogP contribution in [0.25, 0.3) is 0 Å². The van der Waals surface area contributed by atoms with Crippen LogP contribution in [0.15, 0.2) is 70.8 Å². The number of nitrogens with one attached hydrogen (secondary N) is 2. The van der Waals surface area contributed by atoms with Crippen LogP contribution < -0.4 is 10.1 Å². The molecule has 0 radical (unpaired) electrons. The lowest BCUT2D eigenvalue weighted by molar-refractivity contribution is 0.102. The molecule has 180 valence electrons. The number of carbonyl (C=O) groups is 1. The van der Waals surface area contributed by atoms with Crippen LogP contribution in [0.3, 0.4) is 0 Å². The van der Waals surface area contributed by atoms with E-state index in [1.165, 1.54) is 34.9 Å². The van der Waals surface area contributed by atoms with Gasteiger partial charge in [-0.3, -0.25) is 10.1 Å². The Morgan fingerprint density at radius 2 is 1.91 bits per heavy atom. The van der Waals surface area contributed by atoms with E-state index in [0.717, 1.165) is 0 Å². The Labute approximate surface area is 206 Å². The number of aliphatic imine (C=N–C) groups is 1. The summed E-state index contributed by atoms with van der Waals surface area (Å²) in [6, 6.07) is 12.9. The Morgan fingerprint density at radius 1 is 1.17 bits per heavy atom. The number of para-hydroxylation sites is 1. The summed E-state index contributed by atoms with van der Waals surface area (Å²) in [6.07, 6.45) is 4.73. The molecule has 0 spiro atoms. The number of nitrogens with zero attached hydrogens (tertiary/aromatic N) is 5. The highest BCUT2D eigenvalue weighted by molar-refractivity contribution is 7.89. The maximum Gasteiger partial charge on any atom is 0.308 e. The van der Waals surface area contributed by atoms with E-state index in [9.17, 15) is 13.2 Å². The molecule has 1 aliphatic rings. The first-order valence-electron chi connectivity index (χ1n) is 10.4. The van der Waals surface area contributed by atoms with E-state index in [2.05, 4.69) is 20.3 Å². The number of sulfonamides is 1. The second-order valence-corrected chi connectivity index (χ2v) is 9.68. The van der Waals surface area contributed by atoms with Gasteiger partial charge in [0.1, 0.15) is 5.75 Å². The maximum atomic E-state index is 13.3. The lowest BCUT2D eigenvalue weighted by Crippen LogP contribution is -2.51. The number of nitriles is 1. The normalized spacial score (nSPS) is 14.9. The van der Waals surface area contributed by atoms with Crippen molar-refractivity contribution in [2.45, 2.75) is 4.90 Å². The van der Waals surface area contributed by atoms with Crippen LogP contribution in [-0.2, 0) is 10.0 Å². The van der Waals surface area contributed by atoms with Crippen LogP contribution in [0.2, 0.25) is 5.02 Å². The Balaban J connectivity index is 1.47. The van der Waals surface area contributed by atoms with Gasteiger partial charge in [-0.25, -0.2) is 13.4 Å². The molecule has 1 aromatic heterocycles. The van der Waals surface area contributed by atoms with E-state index in [0.29, 0.717) is 5.75 Å². The van der Waals surface area contributed by atoms with E-state index < -0.39 is 15.9 Å². The Bertz CT molecular complexity index is 1360. The Morgan fingerprint density at radius 3 is 2.57 bits per heavy atom. The molecule has 2 heterocycles. The number of anilines is 1. The Hall–Kier alpha value is -3.92. The van der Waals surface area contributed by atoms with Crippen molar-refractivity contribution < 1.29 is 17.9 Å². The molecule has 1 fully saturated rings. The van der Waals surface area contributed by atoms with Gasteiger partial charge in [-0.1, -0.05) is 29.8 Å². The summed E-state index contributed by atoms with van der Waals surface area (Å²) in [4.78, 5) is 24.6. The molecule has 0 unspecified atom stereocenters. The molecule has 0 saturated carbocycles. The van der Waals surface area contributed by atoms with Gasteiger partial charge >= 0.3 is 6.02 Å². The third kappa shape index (κ3) is 5.60. The number of rotatable bonds is 5. The number of amidine groups is 1. The number of benzene rings is 2. The number of aromatic amines is 1. The number of hydrogen-bond acceptors (Lipinski definition) is 7. The first-order chi connectivity index (χ1) is 16.9. The molecule has 2 N–H and O–H groups in total. The summed E-state index contributed by atoms with van der Waals surface area (Å²) in [6.45, 7) is 0.765. The summed E-state index contributed by atoms with van der Waals surface area (Å²) in [5.41, 5.74) is 0.00229. The molecule has 1 aliphatic heterocycles. The number of aromatic nitrogens is 2. The SMILES string of the molecule is N#C/N=C(\Oc1ccccc1)N1CCN(S(=O)(=O)c2ccc(Cl)c(C(=O)Nc3ncc[nH]3)c2)CC1. The van der Waals surface area contributed by atoms with E-state index in [1.807, 2.05) is 6.07 Å². The van der Waals surface area contributed by atoms with Gasteiger partial charge in [0.15, 0.2) is 0 Å². The van der Waals surface area contributed by atoms with Crippen molar-refractivity contribution in [2.75, 3.05) is 31.5 Å². The minimum atomic E-state index is -3.92. The minimum absolute atomic E-state index is 0.00229. The zero-order valence-electron chi connectivity index (χ0n) is 18.3. The zero-order valence-corrected chi connectivity index (χ0v) is 19.8. The minimum Gasteiger partial charge on any atom is -0.425 e. The monoisotopic (exact) mass is 513 g/mol. The van der Waals surface area contributed by atoms with E-state index in [1.54, 1.807) is 35.4 Å². The second kappa shape index (κ2) is 10.6. The fourth-order valence-electron chi connectivity index (χ4n) is 3.41. The highest BCUT2D eigenvalue weighted by atomic mass is 35.5. The third-order valence-corrected chi connectivity index (χ3v) is 7.38. The predicted octanol–water partition coefficient (Wildman–Crippen LogP) is 2.54. The lowest BCUT2D eigenvalue weighted by Gasteiger charge is -2.34. The van der Waals surface area contributed by atoms with Gasteiger partial charge in [0.25, 0.3) is 5.91 Å². The zero-order chi connectivity index (χ0) is 24.8. The molecule has 2 aromatic carbocycles. The molecule has 3 aromatic rings. The number of halogens is 1. The van der Waals surface area contributed by atoms with E-state index in [-0.39, 0.29) is 53.6 Å². The average molecular weight is 514 g/mol. The van der Waals surface area contributed by atoms with Crippen LogP contribution in [0.4, 0.5) is 5.95 Å². The molecule has 1 saturated heterocycles. The lowest BCUT2D eigenvalue weighted by atomic mass is 10.2. The van der Waals surface area contributed by atoms with Crippen LogP contribution >= 0.6 is 11.6 Å². The summed E-state index contributed by atoms with van der Waals surface area (Å²) >= 11 is 6.16. The van der Waals surface area contributed by atoms with Crippen molar-refractivity contribution in [1.29, 1.82) is 5.26 Å². The fourth-order valence-corrected chi connectivity index (χ4v) is 5.06. The van der Waals surface area contributed by atoms with Gasteiger partial charge in [0.2, 0.25) is 22.2 Å². The maximum absolute atomic E-state index is 13.3. The average Bonchev–Trinajstić information content (AvgIpc) is 3.37. The van der Waals surface area contributed by atoms with Gasteiger partial charge in [-0.05, 0) is 30.3 Å². The number of hydrogen-bond donors (Lipinski definition) is 2. The van der Waals surface area contributed by atoms with Crippen molar-refractivity contribution in [3.63, 3.8) is 0 Å². The number of piperazine rings is 1.